The number of ether oxygens (including phenoxy) is 2. The minimum absolute atomic E-state index is 0.0348. The Labute approximate surface area is 147 Å². The van der Waals surface area contributed by atoms with Gasteiger partial charge in [-0.3, -0.25) is 0 Å². The molecule has 1 aliphatic heterocycles. The van der Waals surface area contributed by atoms with E-state index in [4.69, 9.17) is 19.6 Å². The number of nitrogens with two attached hydrogens (primary N) is 1. The van der Waals surface area contributed by atoms with E-state index in [1.54, 1.807) is 24.3 Å². The van der Waals surface area contributed by atoms with E-state index in [-0.39, 0.29) is 11.5 Å². The van der Waals surface area contributed by atoms with Crippen LogP contribution in [0, 0.1) is 0 Å². The average Bonchev–Trinajstić information content (AvgIpc) is 3.16. The first-order chi connectivity index (χ1) is 12.4. The number of rotatable bonds is 4. The maximum Gasteiger partial charge on any atom is 0.430 e. The Morgan fingerprint density at radius 3 is 2.58 bits per heavy atom. The van der Waals surface area contributed by atoms with Crippen molar-refractivity contribution < 1.29 is 27.1 Å². The molecule has 1 aromatic heterocycles. The van der Waals surface area contributed by atoms with Crippen molar-refractivity contribution in [1.29, 1.82) is 0 Å². The molecule has 3 rings (SSSR count). The van der Waals surface area contributed by atoms with Gasteiger partial charge in [0, 0.05) is 5.56 Å². The normalized spacial score (nSPS) is 17.5. The first kappa shape index (κ1) is 18.2. The molecular weight excluding hydrogens is 349 g/mol. The Morgan fingerprint density at radius 1 is 1.15 bits per heavy atom. The first-order valence-electron chi connectivity index (χ1n) is 7.93. The van der Waals surface area contributed by atoms with Crippen LogP contribution >= 0.6 is 0 Å². The van der Waals surface area contributed by atoms with Crippen LogP contribution in [0.2, 0.25) is 0 Å². The van der Waals surface area contributed by atoms with Crippen molar-refractivity contribution in [2.24, 2.45) is 10.7 Å². The summed E-state index contributed by atoms with van der Waals surface area (Å²) in [5.41, 5.74) is 5.00. The summed E-state index contributed by atoms with van der Waals surface area (Å²) in [5, 5.41) is 0. The van der Waals surface area contributed by atoms with E-state index >= 15 is 0 Å². The Morgan fingerprint density at radius 2 is 1.92 bits per heavy atom. The zero-order chi connectivity index (χ0) is 18.6. The minimum atomic E-state index is -4.65. The van der Waals surface area contributed by atoms with Crippen LogP contribution in [-0.4, -0.2) is 25.1 Å². The average molecular weight is 366 g/mol. The Kier molecular flexibility index (Phi) is 5.43. The lowest BCUT2D eigenvalue weighted by atomic mass is 10.1. The highest BCUT2D eigenvalue weighted by molar-refractivity contribution is 6.08. The number of allylic oxidation sites excluding steroid dienone is 2. The molecule has 0 aliphatic carbocycles. The topological polar surface area (TPSA) is 70.0 Å². The minimum Gasteiger partial charge on any atom is -0.463 e. The van der Waals surface area contributed by atoms with Crippen molar-refractivity contribution in [2.75, 3.05) is 13.2 Å². The van der Waals surface area contributed by atoms with Gasteiger partial charge in [0.25, 0.3) is 0 Å². The summed E-state index contributed by atoms with van der Waals surface area (Å²) in [5.74, 6) is 0.174. The summed E-state index contributed by atoms with van der Waals surface area (Å²) in [7, 11) is 0. The number of aliphatic imine (C=N–C) groups is 1. The van der Waals surface area contributed by atoms with Crippen LogP contribution < -0.4 is 5.73 Å². The van der Waals surface area contributed by atoms with Gasteiger partial charge < -0.3 is 19.6 Å². The molecule has 26 heavy (non-hydrogen) atoms. The van der Waals surface area contributed by atoms with Crippen LogP contribution in [0.25, 0.3) is 0 Å². The van der Waals surface area contributed by atoms with Crippen molar-refractivity contribution in [3.8, 4) is 0 Å². The molecule has 0 unspecified atom stereocenters. The van der Waals surface area contributed by atoms with E-state index in [1.807, 2.05) is 6.07 Å². The van der Waals surface area contributed by atoms with Crippen LogP contribution in [0.4, 0.5) is 18.9 Å². The predicted octanol–water partition coefficient (Wildman–Crippen LogP) is 4.24. The van der Waals surface area contributed by atoms with Gasteiger partial charge in [0.2, 0.25) is 0 Å². The molecule has 1 aromatic carbocycles. The van der Waals surface area contributed by atoms with Crippen molar-refractivity contribution >= 4 is 11.4 Å². The molecule has 138 valence electrons. The maximum atomic E-state index is 12.8. The van der Waals surface area contributed by atoms with Crippen LogP contribution in [0.3, 0.4) is 0 Å². The van der Waals surface area contributed by atoms with E-state index in [2.05, 4.69) is 4.99 Å². The van der Waals surface area contributed by atoms with E-state index in [1.165, 1.54) is 12.3 Å². The summed E-state index contributed by atoms with van der Waals surface area (Å²) < 4.78 is 54.6. The highest BCUT2D eigenvalue weighted by Gasteiger charge is 2.32. The molecule has 0 saturated carbocycles. The number of furan rings is 1. The van der Waals surface area contributed by atoms with Gasteiger partial charge >= 0.3 is 6.18 Å². The molecule has 0 radical (unpaired) electrons. The maximum absolute atomic E-state index is 12.8. The number of hydrogen-bond acceptors (Lipinski definition) is 5. The van der Waals surface area contributed by atoms with Gasteiger partial charge in [-0.1, -0.05) is 12.1 Å². The molecule has 0 amide bonds. The largest absolute Gasteiger partial charge is 0.463 e. The lowest BCUT2D eigenvalue weighted by Crippen LogP contribution is -2.20. The van der Waals surface area contributed by atoms with Crippen LogP contribution in [0.15, 0.2) is 63.8 Å². The molecule has 1 aliphatic rings. The van der Waals surface area contributed by atoms with Crippen molar-refractivity contribution in [3.63, 3.8) is 0 Å². The van der Waals surface area contributed by atoms with Gasteiger partial charge in [0.05, 0.1) is 25.2 Å². The molecule has 0 spiro atoms. The number of alkyl halides is 3. The van der Waals surface area contributed by atoms with E-state index in [0.717, 1.165) is 18.1 Å². The van der Waals surface area contributed by atoms with Gasteiger partial charge in [0.15, 0.2) is 12.1 Å². The number of hydrogen-bond donors (Lipinski definition) is 1. The Bertz CT molecular complexity index is 792. The number of benzene rings is 1. The Balaban J connectivity index is 1.95. The quantitative estimate of drug-likeness (QED) is 0.822. The van der Waals surface area contributed by atoms with Gasteiger partial charge in [-0.25, -0.2) is 4.99 Å². The summed E-state index contributed by atoms with van der Waals surface area (Å²) in [6.45, 7) is 1.17. The molecule has 2 N–H and O–H groups in total. The smallest absolute Gasteiger partial charge is 0.430 e. The summed E-state index contributed by atoms with van der Waals surface area (Å²) >= 11 is 0. The van der Waals surface area contributed by atoms with Crippen LogP contribution in [-0.2, 0) is 9.47 Å². The second-order valence-corrected chi connectivity index (χ2v) is 5.59. The van der Waals surface area contributed by atoms with Gasteiger partial charge in [-0.15, -0.1) is 0 Å². The number of nitrogens with zero attached hydrogens (tertiary/aromatic N) is 1. The lowest BCUT2D eigenvalue weighted by molar-refractivity contribution is -0.183. The summed E-state index contributed by atoms with van der Waals surface area (Å²) in [6, 6.07) is 9.95. The highest BCUT2D eigenvalue weighted by Crippen LogP contribution is 2.27. The zero-order valence-corrected chi connectivity index (χ0v) is 13.7. The third-order valence-corrected chi connectivity index (χ3v) is 3.61. The summed E-state index contributed by atoms with van der Waals surface area (Å²) in [4.78, 5) is 4.27. The predicted molar refractivity (Wildman–Crippen MR) is 88.9 cm³/mol. The third-order valence-electron chi connectivity index (χ3n) is 3.61. The second kappa shape index (κ2) is 7.76. The lowest BCUT2D eigenvalue weighted by Gasteiger charge is -2.23. The van der Waals surface area contributed by atoms with Gasteiger partial charge in [-0.2, -0.15) is 13.2 Å². The fraction of sp³-hybridized carbons (Fsp3) is 0.278. The zero-order valence-electron chi connectivity index (χ0n) is 13.7. The highest BCUT2D eigenvalue weighted by atomic mass is 19.4. The van der Waals surface area contributed by atoms with Crippen molar-refractivity contribution in [3.05, 3.63) is 65.8 Å². The van der Waals surface area contributed by atoms with E-state index < -0.39 is 18.2 Å². The SMILES string of the molecule is N/C(=C\C(=Nc1cccc(C2OCCCO2)c1)c1ccco1)C(F)(F)F. The fourth-order valence-corrected chi connectivity index (χ4v) is 2.37. The number of halogens is 3. The van der Waals surface area contributed by atoms with Crippen molar-refractivity contribution in [2.45, 2.75) is 18.9 Å². The van der Waals surface area contributed by atoms with Crippen LogP contribution in [0.5, 0.6) is 0 Å². The molecule has 0 bridgehead atoms. The monoisotopic (exact) mass is 366 g/mol. The molecule has 8 heteroatoms. The van der Waals surface area contributed by atoms with Gasteiger partial charge in [0.1, 0.15) is 11.4 Å². The second-order valence-electron chi connectivity index (χ2n) is 5.59. The molecule has 2 aromatic rings. The Hall–Kier alpha value is -2.58. The molecule has 1 fully saturated rings. The molecular formula is C18H17F3N2O3. The summed E-state index contributed by atoms with van der Waals surface area (Å²) in [6.07, 6.45) is -2.25. The molecule has 2 heterocycles. The first-order valence-corrected chi connectivity index (χ1v) is 7.93. The molecule has 0 atom stereocenters. The third kappa shape index (κ3) is 4.53. The van der Waals surface area contributed by atoms with Crippen molar-refractivity contribution in [1.82, 2.24) is 0 Å². The van der Waals surface area contributed by atoms with E-state index in [0.29, 0.717) is 18.9 Å². The fourth-order valence-electron chi connectivity index (χ4n) is 2.37. The molecule has 5 nitrogen and oxygen atoms in total. The standard InChI is InChI=1S/C18H17F3N2O3/c19-18(20,21)16(22)11-14(15-6-2-7-24-15)23-13-5-1-4-12(10-13)17-25-8-3-9-26-17/h1-2,4-7,10-11,17H,3,8-9,22H2/b16-11-,23-14?. The van der Waals surface area contributed by atoms with E-state index in [9.17, 15) is 13.2 Å². The van der Waals surface area contributed by atoms with Crippen LogP contribution in [0.1, 0.15) is 24.0 Å². The molecule has 1 saturated heterocycles. The van der Waals surface area contributed by atoms with Gasteiger partial charge in [-0.05, 0) is 36.8 Å².